The van der Waals surface area contributed by atoms with Crippen LogP contribution in [0.2, 0.25) is 0 Å². The minimum atomic E-state index is -0.817. The van der Waals surface area contributed by atoms with Gasteiger partial charge >= 0.3 is 0 Å². The molecule has 2 aromatic rings. The van der Waals surface area contributed by atoms with Crippen LogP contribution >= 0.6 is 23.5 Å². The number of aliphatic hydroxyl groups is 1. The third kappa shape index (κ3) is 3.26. The van der Waals surface area contributed by atoms with Gasteiger partial charge in [-0.15, -0.1) is 11.8 Å². The summed E-state index contributed by atoms with van der Waals surface area (Å²) < 4.78 is 6.50. The molecule has 0 bridgehead atoms. The van der Waals surface area contributed by atoms with Crippen molar-refractivity contribution in [1.29, 1.82) is 5.26 Å². The molecule has 5 nitrogen and oxygen atoms in total. The minimum Gasteiger partial charge on any atom is -0.492 e. The number of rotatable bonds is 3. The molecule has 0 fully saturated rings. The Morgan fingerprint density at radius 3 is 3.00 bits per heavy atom. The maximum Gasteiger partial charge on any atom is 0.179 e. The van der Waals surface area contributed by atoms with Crippen LogP contribution in [0.3, 0.4) is 0 Å². The van der Waals surface area contributed by atoms with Crippen molar-refractivity contribution in [2.24, 2.45) is 4.99 Å². The Labute approximate surface area is 148 Å². The predicted molar refractivity (Wildman–Crippen MR) is 100 cm³/mol. The van der Waals surface area contributed by atoms with Crippen molar-refractivity contribution in [1.82, 2.24) is 4.98 Å². The van der Waals surface area contributed by atoms with E-state index in [1.54, 1.807) is 0 Å². The Morgan fingerprint density at radius 2 is 2.33 bits per heavy atom. The van der Waals surface area contributed by atoms with E-state index in [0.717, 1.165) is 25.7 Å². The van der Waals surface area contributed by atoms with Crippen molar-refractivity contribution < 1.29 is 9.84 Å². The van der Waals surface area contributed by atoms with E-state index in [1.165, 1.54) is 29.7 Å². The van der Waals surface area contributed by atoms with E-state index in [2.05, 4.69) is 16.0 Å². The predicted octanol–water partition coefficient (Wildman–Crippen LogP) is 3.63. The summed E-state index contributed by atoms with van der Waals surface area (Å²) in [4.78, 5) is 9.25. The topological polar surface area (TPSA) is 78.5 Å². The Hall–Kier alpha value is -2.01. The molecule has 0 saturated heterocycles. The van der Waals surface area contributed by atoms with Gasteiger partial charge in [-0.2, -0.15) is 5.26 Å². The molecule has 1 N–H and O–H groups in total. The average molecular weight is 357 g/mol. The van der Waals surface area contributed by atoms with E-state index >= 15 is 0 Å². The second-order valence-corrected chi connectivity index (χ2v) is 7.06. The average Bonchev–Trinajstić information content (AvgIpc) is 2.95. The second-order valence-electron chi connectivity index (χ2n) is 4.94. The molecule has 0 spiro atoms. The Bertz CT molecular complexity index is 887. The van der Waals surface area contributed by atoms with Crippen LogP contribution in [0.5, 0.6) is 5.75 Å². The lowest BCUT2D eigenvalue weighted by Gasteiger charge is -2.10. The first kappa shape index (κ1) is 16.8. The molecule has 0 aliphatic carbocycles. The normalized spacial score (nSPS) is 18.7. The van der Waals surface area contributed by atoms with Crippen molar-refractivity contribution >= 4 is 44.9 Å². The minimum absolute atomic E-state index is 0.414. The van der Waals surface area contributed by atoms with Gasteiger partial charge in [-0.3, -0.25) is 4.98 Å². The van der Waals surface area contributed by atoms with Crippen LogP contribution in [-0.4, -0.2) is 33.6 Å². The molecule has 122 valence electrons. The lowest BCUT2D eigenvalue weighted by atomic mass is 10.1. The van der Waals surface area contributed by atoms with Crippen LogP contribution < -0.4 is 4.74 Å². The summed E-state index contributed by atoms with van der Waals surface area (Å²) in [7, 11) is 0. The quantitative estimate of drug-likeness (QED) is 0.904. The zero-order chi connectivity index (χ0) is 17.1. The molecule has 1 aliphatic rings. The van der Waals surface area contributed by atoms with Crippen LogP contribution in [0.15, 0.2) is 34.3 Å². The number of ether oxygens (including phenoxy) is 1. The maximum atomic E-state index is 10.0. The zero-order valence-corrected chi connectivity index (χ0v) is 14.8. The fraction of sp³-hybridized carbons (Fsp3) is 0.235. The SMILES string of the molecule is CCOc1c(C#N)cnc2ccc(/C=C3\SC(SC)=NC3O)cc12. The first-order chi connectivity index (χ1) is 11.7. The number of thioether (sulfide) groups is 2. The smallest absolute Gasteiger partial charge is 0.179 e. The molecule has 1 unspecified atom stereocenters. The second kappa shape index (κ2) is 7.26. The van der Waals surface area contributed by atoms with Gasteiger partial charge in [-0.25, -0.2) is 4.99 Å². The molecule has 1 atom stereocenters. The molecular weight excluding hydrogens is 342 g/mol. The Balaban J connectivity index is 2.05. The van der Waals surface area contributed by atoms with Crippen LogP contribution in [0.25, 0.3) is 17.0 Å². The highest BCUT2D eigenvalue weighted by atomic mass is 32.2. The number of aliphatic imine (C=N–C) groups is 1. The first-order valence-electron chi connectivity index (χ1n) is 7.31. The van der Waals surface area contributed by atoms with Gasteiger partial charge in [0.05, 0.1) is 12.1 Å². The number of aromatic nitrogens is 1. The van der Waals surface area contributed by atoms with Crippen LogP contribution in [0, 0.1) is 11.3 Å². The van der Waals surface area contributed by atoms with Gasteiger partial charge in [0.2, 0.25) is 0 Å². The van der Waals surface area contributed by atoms with Gasteiger partial charge in [0.1, 0.15) is 21.8 Å². The highest BCUT2D eigenvalue weighted by Gasteiger charge is 2.21. The number of nitrogens with zero attached hydrogens (tertiary/aromatic N) is 3. The van der Waals surface area contributed by atoms with Gasteiger partial charge in [-0.05, 0) is 37.0 Å². The van der Waals surface area contributed by atoms with Gasteiger partial charge in [0, 0.05) is 16.5 Å². The summed E-state index contributed by atoms with van der Waals surface area (Å²) in [6, 6.07) is 7.85. The molecule has 1 aliphatic heterocycles. The summed E-state index contributed by atoms with van der Waals surface area (Å²) in [5.74, 6) is 0.547. The van der Waals surface area contributed by atoms with Crippen LogP contribution in [0.1, 0.15) is 18.1 Å². The molecule has 0 amide bonds. The molecule has 1 aromatic carbocycles. The lowest BCUT2D eigenvalue weighted by Crippen LogP contribution is -1.99. The van der Waals surface area contributed by atoms with Gasteiger partial charge in [0.15, 0.2) is 6.23 Å². The van der Waals surface area contributed by atoms with Crippen molar-refractivity contribution in [3.63, 3.8) is 0 Å². The highest BCUT2D eigenvalue weighted by molar-refractivity contribution is 8.40. The van der Waals surface area contributed by atoms with E-state index in [9.17, 15) is 10.4 Å². The van der Waals surface area contributed by atoms with E-state index in [1.807, 2.05) is 37.5 Å². The van der Waals surface area contributed by atoms with E-state index in [0.29, 0.717) is 17.9 Å². The molecule has 24 heavy (non-hydrogen) atoms. The fourth-order valence-electron chi connectivity index (χ4n) is 2.36. The van der Waals surface area contributed by atoms with E-state index in [4.69, 9.17) is 4.74 Å². The van der Waals surface area contributed by atoms with Crippen LogP contribution in [-0.2, 0) is 0 Å². The van der Waals surface area contributed by atoms with Crippen molar-refractivity contribution in [2.75, 3.05) is 12.9 Å². The molecular formula is C17H15N3O2S2. The Kier molecular flexibility index (Phi) is 5.09. The largest absolute Gasteiger partial charge is 0.492 e. The first-order valence-corrected chi connectivity index (χ1v) is 9.35. The lowest BCUT2D eigenvalue weighted by molar-refractivity contribution is 0.234. The van der Waals surface area contributed by atoms with Crippen molar-refractivity contribution in [2.45, 2.75) is 13.2 Å². The molecule has 7 heteroatoms. The van der Waals surface area contributed by atoms with Crippen LogP contribution in [0.4, 0.5) is 0 Å². The number of fused-ring (bicyclic) bond motifs is 1. The standard InChI is InChI=1S/C17H15N3O2S2/c1-3-22-15-11(8-18)9-19-13-5-4-10(6-12(13)15)7-14-16(21)20-17(23-2)24-14/h4-7,9,16,21H,3H2,1-2H3/b14-7-. The monoisotopic (exact) mass is 357 g/mol. The van der Waals surface area contributed by atoms with Gasteiger partial charge in [0.25, 0.3) is 0 Å². The molecule has 1 aromatic heterocycles. The molecule has 2 heterocycles. The summed E-state index contributed by atoms with van der Waals surface area (Å²) in [6.07, 6.45) is 4.54. The summed E-state index contributed by atoms with van der Waals surface area (Å²) in [5.41, 5.74) is 2.08. The maximum absolute atomic E-state index is 10.0. The summed E-state index contributed by atoms with van der Waals surface area (Å²) in [6.45, 7) is 2.35. The number of aliphatic hydroxyl groups excluding tert-OH is 1. The number of hydrogen-bond acceptors (Lipinski definition) is 7. The van der Waals surface area contributed by atoms with Crippen molar-refractivity contribution in [3.05, 3.63) is 40.4 Å². The number of benzene rings is 1. The number of hydrogen-bond donors (Lipinski definition) is 1. The van der Waals surface area contributed by atoms with Gasteiger partial charge in [-0.1, -0.05) is 17.8 Å². The van der Waals surface area contributed by atoms with Crippen molar-refractivity contribution in [3.8, 4) is 11.8 Å². The molecule has 0 radical (unpaired) electrons. The number of pyridine rings is 1. The number of nitriles is 1. The Morgan fingerprint density at radius 1 is 1.50 bits per heavy atom. The molecule has 3 rings (SSSR count). The third-order valence-electron chi connectivity index (χ3n) is 3.42. The fourth-order valence-corrected chi connectivity index (χ4v) is 3.90. The van der Waals surface area contributed by atoms with Gasteiger partial charge < -0.3 is 9.84 Å². The summed E-state index contributed by atoms with van der Waals surface area (Å²) in [5, 5.41) is 20.1. The third-order valence-corrected chi connectivity index (χ3v) is 5.47. The highest BCUT2D eigenvalue weighted by Crippen LogP contribution is 2.36. The molecule has 0 saturated carbocycles. The van der Waals surface area contributed by atoms with E-state index in [-0.39, 0.29) is 0 Å². The van der Waals surface area contributed by atoms with E-state index < -0.39 is 6.23 Å². The summed E-state index contributed by atoms with van der Waals surface area (Å²) >= 11 is 2.98. The zero-order valence-electron chi connectivity index (χ0n) is 13.2.